The topological polar surface area (TPSA) is 32.3 Å². The molecule has 1 aliphatic rings. The van der Waals surface area contributed by atoms with Gasteiger partial charge in [-0.1, -0.05) is 15.9 Å². The third-order valence-electron chi connectivity index (χ3n) is 3.20. The molecule has 1 fully saturated rings. The molecule has 1 aliphatic heterocycles. The number of nitrogens with zero attached hydrogens (tertiary/aromatic N) is 1. The first kappa shape index (κ1) is 18.3. The second-order valence-corrected chi connectivity index (χ2v) is 5.84. The van der Waals surface area contributed by atoms with Crippen molar-refractivity contribution in [3.63, 3.8) is 0 Å². The van der Waals surface area contributed by atoms with Crippen molar-refractivity contribution in [2.45, 2.75) is 24.9 Å². The van der Waals surface area contributed by atoms with E-state index in [0.29, 0.717) is 10.0 Å². The fourth-order valence-corrected chi connectivity index (χ4v) is 2.56. The van der Waals surface area contributed by atoms with Crippen LogP contribution >= 0.6 is 28.3 Å². The fourth-order valence-electron chi connectivity index (χ4n) is 2.15. The summed E-state index contributed by atoms with van der Waals surface area (Å²) < 4.78 is 40.4. The highest BCUT2D eigenvalue weighted by atomic mass is 79.9. The summed E-state index contributed by atoms with van der Waals surface area (Å²) in [6, 6.07) is 3.50. The Balaban J connectivity index is 0.00000220. The van der Waals surface area contributed by atoms with Gasteiger partial charge in [0.15, 0.2) is 0 Å². The highest BCUT2D eigenvalue weighted by Crippen LogP contribution is 2.26. The minimum Gasteiger partial charge on any atom is -0.340 e. The van der Waals surface area contributed by atoms with Crippen molar-refractivity contribution in [3.8, 4) is 0 Å². The molecule has 118 valence electrons. The Morgan fingerprint density at radius 2 is 2.19 bits per heavy atom. The summed E-state index contributed by atoms with van der Waals surface area (Å²) in [4.78, 5) is 13.3. The number of benzene rings is 1. The van der Waals surface area contributed by atoms with Gasteiger partial charge >= 0.3 is 0 Å². The molecule has 1 N–H and O–H groups in total. The Morgan fingerprint density at radius 1 is 1.52 bits per heavy atom. The Kier molecular flexibility index (Phi) is 6.07. The second-order valence-electron chi connectivity index (χ2n) is 4.92. The van der Waals surface area contributed by atoms with Gasteiger partial charge in [0.1, 0.15) is 5.82 Å². The summed E-state index contributed by atoms with van der Waals surface area (Å²) in [5.41, 5.74) is 0.333. The lowest BCUT2D eigenvalue weighted by atomic mass is 10.1. The van der Waals surface area contributed by atoms with Crippen LogP contribution in [0.4, 0.5) is 13.2 Å². The molecule has 0 radical (unpaired) electrons. The zero-order valence-corrected chi connectivity index (χ0v) is 13.6. The van der Waals surface area contributed by atoms with Gasteiger partial charge in [0.05, 0.1) is 12.6 Å². The van der Waals surface area contributed by atoms with E-state index >= 15 is 0 Å². The molecular formula is C13H15BrClF3N2O. The maximum atomic E-state index is 13.6. The van der Waals surface area contributed by atoms with Crippen molar-refractivity contribution < 1.29 is 18.0 Å². The molecule has 1 aromatic carbocycles. The minimum absolute atomic E-state index is 0. The van der Waals surface area contributed by atoms with Crippen LogP contribution in [0.5, 0.6) is 0 Å². The van der Waals surface area contributed by atoms with Gasteiger partial charge in [0, 0.05) is 30.0 Å². The van der Waals surface area contributed by atoms with Crippen molar-refractivity contribution in [2.75, 3.05) is 13.6 Å². The number of nitrogens with one attached hydrogen (secondary N) is 1. The number of amides is 1. The molecule has 1 atom stereocenters. The minimum atomic E-state index is -2.86. The number of carbonyl (C=O) groups excluding carboxylic acids is 1. The number of hydrogen-bond donors (Lipinski definition) is 1. The second kappa shape index (κ2) is 6.98. The predicted molar refractivity (Wildman–Crippen MR) is 79.2 cm³/mol. The fraction of sp³-hybridized carbons (Fsp3) is 0.462. The molecule has 0 aliphatic carbocycles. The van der Waals surface area contributed by atoms with Crippen LogP contribution in [0.15, 0.2) is 22.7 Å². The van der Waals surface area contributed by atoms with Crippen LogP contribution in [-0.2, 0) is 11.3 Å². The molecule has 1 amide bonds. The smallest absolute Gasteiger partial charge is 0.262 e. The lowest BCUT2D eigenvalue weighted by Gasteiger charge is -2.21. The van der Waals surface area contributed by atoms with Gasteiger partial charge in [0.25, 0.3) is 5.92 Å². The summed E-state index contributed by atoms with van der Waals surface area (Å²) in [5.74, 6) is -3.75. The molecule has 1 heterocycles. The molecule has 21 heavy (non-hydrogen) atoms. The van der Waals surface area contributed by atoms with E-state index in [1.165, 1.54) is 18.0 Å². The average molecular weight is 388 g/mol. The SMILES string of the molecule is CN(Cc1cc(Br)ccc1F)C(=O)C1CC(F)(F)CN1.Cl. The molecule has 1 saturated heterocycles. The predicted octanol–water partition coefficient (Wildman–Crippen LogP) is 2.97. The number of likely N-dealkylation sites (N-methyl/N-ethyl adjacent to an activating group) is 1. The van der Waals surface area contributed by atoms with E-state index in [2.05, 4.69) is 21.2 Å². The normalized spacial score (nSPS) is 20.0. The Labute approximate surface area is 135 Å². The van der Waals surface area contributed by atoms with Crippen molar-refractivity contribution in [3.05, 3.63) is 34.1 Å². The third-order valence-corrected chi connectivity index (χ3v) is 3.69. The molecule has 1 aromatic rings. The van der Waals surface area contributed by atoms with Gasteiger partial charge in [-0.2, -0.15) is 0 Å². The number of carbonyl (C=O) groups is 1. The standard InChI is InChI=1S/C13H14BrF3N2O.ClH/c1-19(6-8-4-9(14)2-3-10(8)15)12(20)11-5-13(16,17)7-18-11;/h2-4,11,18H,5-7H2,1H3;1H. The average Bonchev–Trinajstić information content (AvgIpc) is 2.73. The van der Waals surface area contributed by atoms with Gasteiger partial charge in [-0.15, -0.1) is 12.4 Å². The highest BCUT2D eigenvalue weighted by molar-refractivity contribution is 9.10. The first-order valence-electron chi connectivity index (χ1n) is 6.08. The first-order chi connectivity index (χ1) is 9.28. The van der Waals surface area contributed by atoms with Crippen molar-refractivity contribution in [1.82, 2.24) is 10.2 Å². The lowest BCUT2D eigenvalue weighted by Crippen LogP contribution is -2.41. The van der Waals surface area contributed by atoms with E-state index in [4.69, 9.17) is 0 Å². The largest absolute Gasteiger partial charge is 0.340 e. The maximum absolute atomic E-state index is 13.6. The Hall–Kier alpha value is -0.790. The lowest BCUT2D eigenvalue weighted by molar-refractivity contribution is -0.132. The highest BCUT2D eigenvalue weighted by Gasteiger charge is 2.43. The van der Waals surface area contributed by atoms with Crippen molar-refractivity contribution >= 4 is 34.2 Å². The van der Waals surface area contributed by atoms with Crippen LogP contribution in [0.2, 0.25) is 0 Å². The molecule has 2 rings (SSSR count). The van der Waals surface area contributed by atoms with Gasteiger partial charge in [-0.25, -0.2) is 13.2 Å². The number of alkyl halides is 2. The van der Waals surface area contributed by atoms with E-state index in [9.17, 15) is 18.0 Å². The number of halogens is 5. The van der Waals surface area contributed by atoms with Crippen LogP contribution in [0, 0.1) is 5.82 Å². The van der Waals surface area contributed by atoms with Crippen LogP contribution < -0.4 is 5.32 Å². The van der Waals surface area contributed by atoms with E-state index < -0.39 is 36.7 Å². The first-order valence-corrected chi connectivity index (χ1v) is 6.88. The van der Waals surface area contributed by atoms with E-state index in [0.717, 1.165) is 0 Å². The molecule has 3 nitrogen and oxygen atoms in total. The van der Waals surface area contributed by atoms with E-state index in [-0.39, 0.29) is 19.0 Å². The summed E-state index contributed by atoms with van der Waals surface area (Å²) >= 11 is 3.22. The van der Waals surface area contributed by atoms with Crippen molar-refractivity contribution in [2.24, 2.45) is 0 Å². The van der Waals surface area contributed by atoms with Gasteiger partial charge < -0.3 is 4.90 Å². The zero-order valence-electron chi connectivity index (χ0n) is 11.2. The molecule has 0 spiro atoms. The van der Waals surface area contributed by atoms with Gasteiger partial charge in [0.2, 0.25) is 5.91 Å². The third kappa shape index (κ3) is 4.59. The summed E-state index contributed by atoms with van der Waals surface area (Å²) in [6.07, 6.45) is -0.517. The van der Waals surface area contributed by atoms with E-state index in [1.54, 1.807) is 12.1 Å². The van der Waals surface area contributed by atoms with Crippen LogP contribution in [0.1, 0.15) is 12.0 Å². The van der Waals surface area contributed by atoms with Crippen LogP contribution in [0.25, 0.3) is 0 Å². The quantitative estimate of drug-likeness (QED) is 0.865. The number of rotatable bonds is 3. The van der Waals surface area contributed by atoms with E-state index in [1.807, 2.05) is 0 Å². The molecular weight excluding hydrogens is 373 g/mol. The summed E-state index contributed by atoms with van der Waals surface area (Å²) in [5, 5.41) is 2.50. The Bertz CT molecular complexity index is 530. The molecule has 0 saturated carbocycles. The molecule has 8 heteroatoms. The molecule has 1 unspecified atom stereocenters. The van der Waals surface area contributed by atoms with Crippen molar-refractivity contribution in [1.29, 1.82) is 0 Å². The Morgan fingerprint density at radius 3 is 2.76 bits per heavy atom. The van der Waals surface area contributed by atoms with Gasteiger partial charge in [-0.3, -0.25) is 10.1 Å². The zero-order chi connectivity index (χ0) is 14.9. The van der Waals surface area contributed by atoms with Gasteiger partial charge in [-0.05, 0) is 18.2 Å². The molecule has 0 aromatic heterocycles. The summed E-state index contributed by atoms with van der Waals surface area (Å²) in [7, 11) is 1.47. The maximum Gasteiger partial charge on any atom is 0.262 e. The van der Waals surface area contributed by atoms with Crippen LogP contribution in [-0.4, -0.2) is 36.4 Å². The number of hydrogen-bond acceptors (Lipinski definition) is 2. The van der Waals surface area contributed by atoms with Crippen LogP contribution in [0.3, 0.4) is 0 Å². The molecule has 0 bridgehead atoms. The summed E-state index contributed by atoms with van der Waals surface area (Å²) in [6.45, 7) is -0.462. The monoisotopic (exact) mass is 386 g/mol.